The molecule has 0 amide bonds. The minimum Gasteiger partial charge on any atom is -0.466 e. The lowest BCUT2D eigenvalue weighted by atomic mass is 9.87. The molecule has 0 saturated heterocycles. The number of carbonyl (C=O) groups is 2. The number of esters is 2. The van der Waals surface area contributed by atoms with E-state index in [4.69, 9.17) is 14.2 Å². The zero-order valence-corrected chi connectivity index (χ0v) is 17.1. The first-order chi connectivity index (χ1) is 11.7. The van der Waals surface area contributed by atoms with Gasteiger partial charge in [-0.05, 0) is 67.2 Å². The Hall–Kier alpha value is -1.10. The highest BCUT2D eigenvalue weighted by Gasteiger charge is 2.29. The van der Waals surface area contributed by atoms with Crippen molar-refractivity contribution >= 4 is 11.9 Å². The van der Waals surface area contributed by atoms with Gasteiger partial charge in [-0.25, -0.2) is 0 Å². The van der Waals surface area contributed by atoms with Crippen LogP contribution in [0.2, 0.25) is 0 Å². The highest BCUT2D eigenvalue weighted by Crippen LogP contribution is 2.26. The van der Waals surface area contributed by atoms with Crippen LogP contribution in [0.4, 0.5) is 0 Å². The lowest BCUT2D eigenvalue weighted by Gasteiger charge is -2.22. The topological polar surface area (TPSA) is 61.8 Å². The number of ether oxygens (including phenoxy) is 3. The summed E-state index contributed by atoms with van der Waals surface area (Å²) in [6.45, 7) is 13.6. The molecule has 0 saturated carbocycles. The highest BCUT2D eigenvalue weighted by molar-refractivity contribution is 5.76. The van der Waals surface area contributed by atoms with Crippen molar-refractivity contribution in [1.82, 2.24) is 0 Å². The standard InChI is InChI=1S/C20H38O5/c1-7-24-17(21)19(3,4)13-9-11-15-23-16-12-10-14-20(5,6)18(22)25-8-2/h7-16H2,1-6H3. The summed E-state index contributed by atoms with van der Waals surface area (Å²) in [7, 11) is 0. The van der Waals surface area contributed by atoms with Crippen LogP contribution >= 0.6 is 0 Å². The van der Waals surface area contributed by atoms with Gasteiger partial charge in [0, 0.05) is 13.2 Å². The quantitative estimate of drug-likeness (QED) is 0.337. The smallest absolute Gasteiger partial charge is 0.311 e. The molecule has 0 aromatic heterocycles. The van der Waals surface area contributed by atoms with Crippen molar-refractivity contribution in [3.05, 3.63) is 0 Å². The summed E-state index contributed by atoms with van der Waals surface area (Å²) in [6, 6.07) is 0. The third-order valence-electron chi connectivity index (χ3n) is 4.34. The van der Waals surface area contributed by atoms with Crippen molar-refractivity contribution in [2.75, 3.05) is 26.4 Å². The Morgan fingerprint density at radius 2 is 1.04 bits per heavy atom. The van der Waals surface area contributed by atoms with Gasteiger partial charge in [0.25, 0.3) is 0 Å². The molecule has 0 aliphatic carbocycles. The van der Waals surface area contributed by atoms with Crippen LogP contribution < -0.4 is 0 Å². The fraction of sp³-hybridized carbons (Fsp3) is 0.900. The van der Waals surface area contributed by atoms with Gasteiger partial charge in [0.15, 0.2) is 0 Å². The van der Waals surface area contributed by atoms with E-state index in [0.717, 1.165) is 38.5 Å². The number of unbranched alkanes of at least 4 members (excludes halogenated alkanes) is 2. The van der Waals surface area contributed by atoms with Crippen molar-refractivity contribution in [1.29, 1.82) is 0 Å². The van der Waals surface area contributed by atoms with Crippen LogP contribution in [0.15, 0.2) is 0 Å². The van der Waals surface area contributed by atoms with Crippen molar-refractivity contribution in [3.8, 4) is 0 Å². The van der Waals surface area contributed by atoms with E-state index >= 15 is 0 Å². The Bertz CT molecular complexity index is 352. The molecule has 0 aliphatic rings. The summed E-state index contributed by atoms with van der Waals surface area (Å²) in [5, 5.41) is 0. The third kappa shape index (κ3) is 10.5. The van der Waals surface area contributed by atoms with Gasteiger partial charge in [0.2, 0.25) is 0 Å². The van der Waals surface area contributed by atoms with Gasteiger partial charge < -0.3 is 14.2 Å². The monoisotopic (exact) mass is 358 g/mol. The van der Waals surface area contributed by atoms with E-state index in [2.05, 4.69) is 0 Å². The summed E-state index contributed by atoms with van der Waals surface area (Å²) in [6.07, 6.45) is 5.39. The van der Waals surface area contributed by atoms with E-state index in [-0.39, 0.29) is 11.9 Å². The van der Waals surface area contributed by atoms with Gasteiger partial charge in [0.05, 0.1) is 24.0 Å². The van der Waals surface area contributed by atoms with Gasteiger partial charge in [-0.2, -0.15) is 0 Å². The predicted molar refractivity (Wildman–Crippen MR) is 99.3 cm³/mol. The molecule has 0 bridgehead atoms. The van der Waals surface area contributed by atoms with Crippen LogP contribution in [-0.4, -0.2) is 38.4 Å². The van der Waals surface area contributed by atoms with Gasteiger partial charge in [0.1, 0.15) is 0 Å². The fourth-order valence-electron chi connectivity index (χ4n) is 2.50. The molecule has 148 valence electrons. The molecule has 25 heavy (non-hydrogen) atoms. The predicted octanol–water partition coefficient (Wildman–Crippen LogP) is 4.52. The molecule has 0 aliphatic heterocycles. The second kappa shape index (κ2) is 12.3. The molecule has 0 unspecified atom stereocenters. The van der Waals surface area contributed by atoms with Crippen LogP contribution in [0.3, 0.4) is 0 Å². The van der Waals surface area contributed by atoms with Crippen LogP contribution in [0.1, 0.15) is 80.1 Å². The minimum atomic E-state index is -0.422. The van der Waals surface area contributed by atoms with Crippen molar-refractivity contribution in [3.63, 3.8) is 0 Å². The molecule has 0 aromatic rings. The molecule has 5 nitrogen and oxygen atoms in total. The van der Waals surface area contributed by atoms with Gasteiger partial charge in [-0.1, -0.05) is 12.8 Å². The van der Waals surface area contributed by atoms with E-state index in [1.807, 2.05) is 41.5 Å². The molecule has 0 fully saturated rings. The maximum absolute atomic E-state index is 11.8. The molecule has 5 heteroatoms. The Morgan fingerprint density at radius 3 is 1.36 bits per heavy atom. The minimum absolute atomic E-state index is 0.125. The van der Waals surface area contributed by atoms with Crippen molar-refractivity contribution in [2.45, 2.75) is 80.1 Å². The molecule has 0 spiro atoms. The number of hydrogen-bond donors (Lipinski definition) is 0. The average molecular weight is 359 g/mol. The normalized spacial score (nSPS) is 12.1. The Balaban J connectivity index is 3.68. The number of rotatable bonds is 14. The lowest BCUT2D eigenvalue weighted by molar-refractivity contribution is -0.154. The molecule has 0 heterocycles. The summed E-state index contributed by atoms with van der Waals surface area (Å²) < 4.78 is 15.8. The Kier molecular flexibility index (Phi) is 11.7. The van der Waals surface area contributed by atoms with E-state index in [9.17, 15) is 9.59 Å². The van der Waals surface area contributed by atoms with Crippen LogP contribution in [0.25, 0.3) is 0 Å². The summed E-state index contributed by atoms with van der Waals surface area (Å²) in [5.41, 5.74) is -0.844. The first-order valence-corrected chi connectivity index (χ1v) is 9.59. The van der Waals surface area contributed by atoms with Gasteiger partial charge >= 0.3 is 11.9 Å². The second-order valence-electron chi connectivity index (χ2n) is 7.74. The van der Waals surface area contributed by atoms with Gasteiger partial charge in [-0.15, -0.1) is 0 Å². The number of carbonyl (C=O) groups excluding carboxylic acids is 2. The maximum Gasteiger partial charge on any atom is 0.311 e. The Morgan fingerprint density at radius 1 is 0.680 bits per heavy atom. The molecule has 0 radical (unpaired) electrons. The van der Waals surface area contributed by atoms with E-state index < -0.39 is 10.8 Å². The summed E-state index contributed by atoms with van der Waals surface area (Å²) in [4.78, 5) is 23.6. The van der Waals surface area contributed by atoms with Crippen molar-refractivity contribution < 1.29 is 23.8 Å². The SMILES string of the molecule is CCOC(=O)C(C)(C)CCCCOCCCCC(C)(C)C(=O)OCC. The molecule has 0 rings (SSSR count). The average Bonchev–Trinajstić information content (AvgIpc) is 2.53. The van der Waals surface area contributed by atoms with E-state index in [0.29, 0.717) is 26.4 Å². The molecule has 0 aromatic carbocycles. The summed E-state index contributed by atoms with van der Waals surface area (Å²) >= 11 is 0. The van der Waals surface area contributed by atoms with E-state index in [1.54, 1.807) is 0 Å². The van der Waals surface area contributed by atoms with Crippen LogP contribution in [0.5, 0.6) is 0 Å². The Labute approximate surface area is 153 Å². The fourth-order valence-corrected chi connectivity index (χ4v) is 2.50. The van der Waals surface area contributed by atoms with Crippen LogP contribution in [-0.2, 0) is 23.8 Å². The first-order valence-electron chi connectivity index (χ1n) is 9.59. The lowest BCUT2D eigenvalue weighted by Crippen LogP contribution is -2.26. The van der Waals surface area contributed by atoms with Crippen LogP contribution in [0, 0.1) is 10.8 Å². The molecule has 0 atom stereocenters. The van der Waals surface area contributed by atoms with Gasteiger partial charge in [-0.3, -0.25) is 9.59 Å². The highest BCUT2D eigenvalue weighted by atomic mass is 16.5. The van der Waals surface area contributed by atoms with Crippen molar-refractivity contribution in [2.24, 2.45) is 10.8 Å². The first kappa shape index (κ1) is 23.9. The largest absolute Gasteiger partial charge is 0.466 e. The third-order valence-corrected chi connectivity index (χ3v) is 4.34. The summed E-state index contributed by atoms with van der Waals surface area (Å²) in [5.74, 6) is -0.250. The zero-order chi connectivity index (χ0) is 19.3. The second-order valence-corrected chi connectivity index (χ2v) is 7.74. The molecular formula is C20H38O5. The molecular weight excluding hydrogens is 320 g/mol. The maximum atomic E-state index is 11.8. The molecule has 0 N–H and O–H groups in total. The zero-order valence-electron chi connectivity index (χ0n) is 17.1. The van der Waals surface area contributed by atoms with E-state index in [1.165, 1.54) is 0 Å². The number of hydrogen-bond acceptors (Lipinski definition) is 5.